The Balaban J connectivity index is 1.59. The highest BCUT2D eigenvalue weighted by atomic mass is 35.5. The van der Waals surface area contributed by atoms with Crippen LogP contribution in [0.15, 0.2) is 53.4 Å². The van der Waals surface area contributed by atoms with Crippen LogP contribution in [-0.4, -0.2) is 56.3 Å². The van der Waals surface area contributed by atoms with E-state index in [0.717, 1.165) is 32.4 Å². The molecule has 34 heavy (non-hydrogen) atoms. The largest absolute Gasteiger partial charge is 0.493 e. The number of benzene rings is 2. The van der Waals surface area contributed by atoms with Gasteiger partial charge in [0, 0.05) is 43.0 Å². The average molecular weight is 525 g/mol. The van der Waals surface area contributed by atoms with Gasteiger partial charge >= 0.3 is 0 Å². The van der Waals surface area contributed by atoms with Crippen LogP contribution in [0.2, 0.25) is 10.0 Å². The molecule has 2 aliphatic heterocycles. The molecule has 1 amide bonds. The first-order valence-electron chi connectivity index (χ1n) is 11.7. The van der Waals surface area contributed by atoms with Gasteiger partial charge in [-0.25, -0.2) is 8.42 Å². The van der Waals surface area contributed by atoms with Crippen LogP contribution in [0.4, 0.5) is 0 Å². The van der Waals surface area contributed by atoms with E-state index in [9.17, 15) is 13.2 Å². The van der Waals surface area contributed by atoms with Crippen molar-refractivity contribution in [2.24, 2.45) is 5.41 Å². The number of ether oxygens (including phenoxy) is 1. The second-order valence-corrected chi connectivity index (χ2v) is 12.0. The van der Waals surface area contributed by atoms with E-state index in [1.54, 1.807) is 0 Å². The number of likely N-dealkylation sites (tertiary alicyclic amines) is 1. The minimum atomic E-state index is -3.86. The smallest absolute Gasteiger partial charge is 0.244 e. The van der Waals surface area contributed by atoms with Crippen molar-refractivity contribution in [3.63, 3.8) is 0 Å². The number of carbonyl (C=O) groups is 1. The molecule has 0 bridgehead atoms. The van der Waals surface area contributed by atoms with Crippen molar-refractivity contribution in [1.29, 1.82) is 0 Å². The summed E-state index contributed by atoms with van der Waals surface area (Å²) in [6, 6.07) is 13.8. The van der Waals surface area contributed by atoms with Gasteiger partial charge in [-0.1, -0.05) is 41.4 Å². The van der Waals surface area contributed by atoms with Gasteiger partial charge in [-0.3, -0.25) is 4.79 Å². The van der Waals surface area contributed by atoms with Crippen LogP contribution in [0.3, 0.4) is 0 Å². The zero-order valence-corrected chi connectivity index (χ0v) is 21.4. The van der Waals surface area contributed by atoms with Crippen molar-refractivity contribution >= 4 is 39.1 Å². The lowest BCUT2D eigenvalue weighted by Gasteiger charge is -2.42. The number of nitrogens with zero attached hydrogens (tertiary/aromatic N) is 2. The van der Waals surface area contributed by atoms with Crippen molar-refractivity contribution in [2.45, 2.75) is 43.4 Å². The predicted octanol–water partition coefficient (Wildman–Crippen LogP) is 5.25. The van der Waals surface area contributed by atoms with E-state index in [4.69, 9.17) is 27.9 Å². The first-order chi connectivity index (χ1) is 16.3. The Bertz CT molecular complexity index is 1110. The van der Waals surface area contributed by atoms with Crippen LogP contribution in [0.25, 0.3) is 0 Å². The molecule has 2 saturated heterocycles. The molecule has 2 aromatic carbocycles. The molecule has 1 atom stereocenters. The van der Waals surface area contributed by atoms with Crippen LogP contribution >= 0.6 is 23.2 Å². The number of carbonyl (C=O) groups excluding carboxylic acids is 1. The molecule has 0 N–H and O–H groups in total. The molecule has 184 valence electrons. The topological polar surface area (TPSA) is 66.9 Å². The minimum Gasteiger partial charge on any atom is -0.493 e. The van der Waals surface area contributed by atoms with E-state index in [2.05, 4.69) is 0 Å². The van der Waals surface area contributed by atoms with Gasteiger partial charge in [-0.2, -0.15) is 4.31 Å². The molecule has 1 unspecified atom stereocenters. The van der Waals surface area contributed by atoms with E-state index < -0.39 is 15.4 Å². The Morgan fingerprint density at radius 3 is 2.41 bits per heavy atom. The van der Waals surface area contributed by atoms with Gasteiger partial charge in [0.2, 0.25) is 15.9 Å². The molecule has 0 saturated carbocycles. The highest BCUT2D eigenvalue weighted by Gasteiger charge is 2.43. The standard InChI is InChI=1S/C25H30Cl2N2O4S/c26-20-10-11-23(22(27)16-20)34(31,32)29-15-7-12-25(18-29,19-33-21-8-3-1-4-9-21)17-24(30)28-13-5-2-6-14-28/h1,3-4,8-11,16H,2,5-7,12-15,17-19H2. The lowest BCUT2D eigenvalue weighted by atomic mass is 9.78. The fourth-order valence-electron chi connectivity index (χ4n) is 4.83. The molecule has 0 aliphatic carbocycles. The summed E-state index contributed by atoms with van der Waals surface area (Å²) < 4.78 is 34.6. The second-order valence-electron chi connectivity index (χ2n) is 9.24. The summed E-state index contributed by atoms with van der Waals surface area (Å²) in [5, 5.41) is 0.467. The molecule has 6 nitrogen and oxygen atoms in total. The van der Waals surface area contributed by atoms with E-state index >= 15 is 0 Å². The summed E-state index contributed by atoms with van der Waals surface area (Å²) in [4.78, 5) is 15.2. The number of rotatable bonds is 7. The highest BCUT2D eigenvalue weighted by molar-refractivity contribution is 7.89. The number of amides is 1. The van der Waals surface area contributed by atoms with Crippen LogP contribution in [-0.2, 0) is 14.8 Å². The van der Waals surface area contributed by atoms with Crippen LogP contribution in [0.5, 0.6) is 5.75 Å². The summed E-state index contributed by atoms with van der Waals surface area (Å²) in [7, 11) is -3.86. The summed E-state index contributed by atoms with van der Waals surface area (Å²) in [5.41, 5.74) is -0.630. The third kappa shape index (κ3) is 5.88. The fraction of sp³-hybridized carbons (Fsp3) is 0.480. The Kier molecular flexibility index (Phi) is 8.08. The lowest BCUT2D eigenvalue weighted by molar-refractivity contribution is -0.136. The van der Waals surface area contributed by atoms with Gasteiger partial charge in [-0.05, 0) is 62.4 Å². The van der Waals surface area contributed by atoms with E-state index in [1.165, 1.54) is 22.5 Å². The van der Waals surface area contributed by atoms with Gasteiger partial charge in [0.25, 0.3) is 0 Å². The Labute approximate surface area is 211 Å². The van der Waals surface area contributed by atoms with Crippen LogP contribution in [0, 0.1) is 5.41 Å². The van der Waals surface area contributed by atoms with E-state index in [1.807, 2.05) is 35.2 Å². The maximum Gasteiger partial charge on any atom is 0.244 e. The molecule has 2 heterocycles. The molecule has 2 aliphatic rings. The maximum absolute atomic E-state index is 13.5. The average Bonchev–Trinajstić information content (AvgIpc) is 2.84. The normalized spacial score (nSPS) is 21.9. The highest BCUT2D eigenvalue weighted by Crippen LogP contribution is 2.38. The van der Waals surface area contributed by atoms with Crippen molar-refractivity contribution in [1.82, 2.24) is 9.21 Å². The number of piperidine rings is 2. The van der Waals surface area contributed by atoms with Crippen LogP contribution < -0.4 is 4.74 Å². The van der Waals surface area contributed by atoms with Crippen molar-refractivity contribution in [3.05, 3.63) is 58.6 Å². The van der Waals surface area contributed by atoms with Crippen molar-refractivity contribution in [2.75, 3.05) is 32.8 Å². The Hall–Kier alpha value is -1.80. The van der Waals surface area contributed by atoms with E-state index in [0.29, 0.717) is 30.2 Å². The molecular formula is C25H30Cl2N2O4S. The number of sulfonamides is 1. The molecule has 0 radical (unpaired) electrons. The monoisotopic (exact) mass is 524 g/mol. The first kappa shape index (κ1) is 25.3. The minimum absolute atomic E-state index is 0.0284. The molecular weight excluding hydrogens is 495 g/mol. The maximum atomic E-state index is 13.5. The summed E-state index contributed by atoms with van der Waals surface area (Å²) in [6.07, 6.45) is 4.75. The third-order valence-electron chi connectivity index (χ3n) is 6.66. The summed E-state index contributed by atoms with van der Waals surface area (Å²) in [5.74, 6) is 0.771. The predicted molar refractivity (Wildman–Crippen MR) is 134 cm³/mol. The van der Waals surface area contributed by atoms with Gasteiger partial charge in [-0.15, -0.1) is 0 Å². The summed E-state index contributed by atoms with van der Waals surface area (Å²) >= 11 is 12.2. The zero-order valence-electron chi connectivity index (χ0n) is 19.1. The van der Waals surface area contributed by atoms with Gasteiger partial charge < -0.3 is 9.64 Å². The van der Waals surface area contributed by atoms with Gasteiger partial charge in [0.1, 0.15) is 10.6 Å². The number of halogens is 2. The molecule has 2 aromatic rings. The third-order valence-corrected chi connectivity index (χ3v) is 9.22. The number of hydrogen-bond acceptors (Lipinski definition) is 4. The Morgan fingerprint density at radius 1 is 0.971 bits per heavy atom. The van der Waals surface area contributed by atoms with Crippen molar-refractivity contribution < 1.29 is 17.9 Å². The Morgan fingerprint density at radius 2 is 1.71 bits per heavy atom. The van der Waals surface area contributed by atoms with Gasteiger partial charge in [0.15, 0.2) is 0 Å². The van der Waals surface area contributed by atoms with Crippen molar-refractivity contribution in [3.8, 4) is 5.75 Å². The molecule has 2 fully saturated rings. The molecule has 9 heteroatoms. The quantitative estimate of drug-likeness (QED) is 0.496. The SMILES string of the molecule is O=C(CC1(COc2ccccc2)CCCN(S(=O)(=O)c2ccc(Cl)cc2Cl)C1)N1CCCCC1. The van der Waals surface area contributed by atoms with Gasteiger partial charge in [0.05, 0.1) is 11.6 Å². The molecule has 4 rings (SSSR count). The second kappa shape index (κ2) is 10.9. The zero-order chi connectivity index (χ0) is 24.2. The lowest BCUT2D eigenvalue weighted by Crippen LogP contribution is -2.51. The first-order valence-corrected chi connectivity index (χ1v) is 13.9. The van der Waals surface area contributed by atoms with Crippen LogP contribution in [0.1, 0.15) is 38.5 Å². The fourth-order valence-corrected chi connectivity index (χ4v) is 7.17. The number of para-hydroxylation sites is 1. The summed E-state index contributed by atoms with van der Waals surface area (Å²) in [6.45, 7) is 2.34. The van der Waals surface area contributed by atoms with E-state index in [-0.39, 0.29) is 35.4 Å². The number of hydrogen-bond donors (Lipinski definition) is 0. The molecule has 0 spiro atoms. The molecule has 0 aromatic heterocycles.